The second kappa shape index (κ2) is 8.00. The summed E-state index contributed by atoms with van der Waals surface area (Å²) < 4.78 is 27.1. The van der Waals surface area contributed by atoms with Gasteiger partial charge >= 0.3 is 0 Å². The summed E-state index contributed by atoms with van der Waals surface area (Å²) >= 11 is 2.96. The number of carbonyl (C=O) groups excluding carboxylic acids is 1. The third-order valence-corrected chi connectivity index (χ3v) is 9.47. The van der Waals surface area contributed by atoms with Crippen molar-refractivity contribution in [2.75, 3.05) is 39.3 Å². The molecule has 2 fully saturated rings. The molecule has 0 radical (unpaired) electrons. The Balaban J connectivity index is 1.33. The molecule has 6 nitrogen and oxygen atoms in total. The first kappa shape index (κ1) is 19.1. The van der Waals surface area contributed by atoms with E-state index in [1.807, 2.05) is 11.0 Å². The molecule has 9 heteroatoms. The van der Waals surface area contributed by atoms with Gasteiger partial charge in [0.25, 0.3) is 10.0 Å². The third-order valence-electron chi connectivity index (χ3n) is 5.22. The largest absolute Gasteiger partial charge is 0.334 e. The molecule has 4 rings (SSSR count). The van der Waals surface area contributed by atoms with Crippen LogP contribution in [0.25, 0.3) is 0 Å². The van der Waals surface area contributed by atoms with Gasteiger partial charge in [0.15, 0.2) is 0 Å². The molecule has 0 aliphatic carbocycles. The van der Waals surface area contributed by atoms with Crippen LogP contribution in [-0.4, -0.2) is 67.7 Å². The SMILES string of the molecule is O=C(CN1CCN(S(=O)(=O)c2cccs2)CC1)N1CCCC1c1cccs1. The van der Waals surface area contributed by atoms with Gasteiger partial charge in [-0.25, -0.2) is 8.42 Å². The Kier molecular flexibility index (Phi) is 5.65. The molecular formula is C18H23N3O3S3. The number of hydrogen-bond donors (Lipinski definition) is 0. The van der Waals surface area contributed by atoms with Crippen molar-refractivity contribution in [3.8, 4) is 0 Å². The zero-order valence-electron chi connectivity index (χ0n) is 15.0. The van der Waals surface area contributed by atoms with Crippen molar-refractivity contribution < 1.29 is 13.2 Å². The topological polar surface area (TPSA) is 60.9 Å². The van der Waals surface area contributed by atoms with Crippen molar-refractivity contribution in [1.82, 2.24) is 14.1 Å². The van der Waals surface area contributed by atoms with Gasteiger partial charge < -0.3 is 4.90 Å². The molecular weight excluding hydrogens is 402 g/mol. The molecule has 2 aliphatic heterocycles. The Morgan fingerprint density at radius 2 is 1.78 bits per heavy atom. The molecule has 27 heavy (non-hydrogen) atoms. The lowest BCUT2D eigenvalue weighted by molar-refractivity contribution is -0.133. The number of likely N-dealkylation sites (tertiary alicyclic amines) is 1. The minimum atomic E-state index is -3.39. The molecule has 1 unspecified atom stereocenters. The second-order valence-electron chi connectivity index (χ2n) is 6.87. The first-order valence-corrected chi connectivity index (χ1v) is 12.3. The van der Waals surface area contributed by atoms with Gasteiger partial charge in [0.1, 0.15) is 4.21 Å². The number of piperazine rings is 1. The molecule has 2 aromatic heterocycles. The molecule has 0 spiro atoms. The first-order valence-electron chi connectivity index (χ1n) is 9.14. The normalized spacial score (nSPS) is 22.4. The highest BCUT2D eigenvalue weighted by atomic mass is 32.2. The van der Waals surface area contributed by atoms with E-state index in [-0.39, 0.29) is 11.9 Å². The van der Waals surface area contributed by atoms with Crippen LogP contribution in [-0.2, 0) is 14.8 Å². The van der Waals surface area contributed by atoms with Crippen molar-refractivity contribution in [2.24, 2.45) is 0 Å². The standard InChI is InChI=1S/C18H23N3O3S3/c22-17(21-7-1-4-15(21)16-5-2-12-25-16)14-19-8-10-20(11-9-19)27(23,24)18-6-3-13-26-18/h2-3,5-6,12-13,15H,1,4,7-11,14H2. The summed E-state index contributed by atoms with van der Waals surface area (Å²) in [6, 6.07) is 7.75. The van der Waals surface area contributed by atoms with E-state index in [0.717, 1.165) is 19.4 Å². The summed E-state index contributed by atoms with van der Waals surface area (Å²) in [6.45, 7) is 3.23. The van der Waals surface area contributed by atoms with Crippen molar-refractivity contribution in [1.29, 1.82) is 0 Å². The Hall–Kier alpha value is -1.26. The Bertz CT molecular complexity index is 857. The van der Waals surface area contributed by atoms with E-state index in [1.165, 1.54) is 20.5 Å². The Morgan fingerprint density at radius 3 is 2.44 bits per heavy atom. The van der Waals surface area contributed by atoms with Crippen LogP contribution >= 0.6 is 22.7 Å². The zero-order chi connectivity index (χ0) is 18.9. The minimum absolute atomic E-state index is 0.153. The predicted molar refractivity (Wildman–Crippen MR) is 108 cm³/mol. The van der Waals surface area contributed by atoms with E-state index in [2.05, 4.69) is 16.3 Å². The van der Waals surface area contributed by atoms with Gasteiger partial charge in [-0.1, -0.05) is 12.1 Å². The van der Waals surface area contributed by atoms with Gasteiger partial charge in [-0.05, 0) is 35.7 Å². The molecule has 0 bridgehead atoms. The molecule has 1 atom stereocenters. The molecule has 1 amide bonds. The van der Waals surface area contributed by atoms with Crippen LogP contribution in [0, 0.1) is 0 Å². The fourth-order valence-electron chi connectivity index (χ4n) is 3.79. The van der Waals surface area contributed by atoms with Gasteiger partial charge in [0.2, 0.25) is 5.91 Å². The summed E-state index contributed by atoms with van der Waals surface area (Å²) in [5, 5.41) is 3.84. The number of nitrogens with zero attached hydrogens (tertiary/aromatic N) is 3. The molecule has 0 aromatic carbocycles. The van der Waals surface area contributed by atoms with Crippen molar-refractivity contribution >= 4 is 38.6 Å². The number of sulfonamides is 1. The van der Waals surface area contributed by atoms with E-state index in [4.69, 9.17) is 0 Å². The predicted octanol–water partition coefficient (Wildman–Crippen LogP) is 2.48. The Morgan fingerprint density at radius 1 is 1.04 bits per heavy atom. The lowest BCUT2D eigenvalue weighted by atomic mass is 10.2. The molecule has 146 valence electrons. The smallest absolute Gasteiger partial charge is 0.252 e. The fraction of sp³-hybridized carbons (Fsp3) is 0.500. The van der Waals surface area contributed by atoms with E-state index in [0.29, 0.717) is 36.9 Å². The van der Waals surface area contributed by atoms with Gasteiger partial charge in [0.05, 0.1) is 12.6 Å². The van der Waals surface area contributed by atoms with Crippen LogP contribution in [0.2, 0.25) is 0 Å². The maximum Gasteiger partial charge on any atom is 0.252 e. The third kappa shape index (κ3) is 3.97. The second-order valence-corrected chi connectivity index (χ2v) is 11.0. The maximum absolute atomic E-state index is 12.8. The van der Waals surface area contributed by atoms with Gasteiger partial charge in [-0.15, -0.1) is 22.7 Å². The molecule has 4 heterocycles. The van der Waals surface area contributed by atoms with Crippen molar-refractivity contribution in [3.05, 3.63) is 39.9 Å². The first-order chi connectivity index (χ1) is 13.1. The summed E-state index contributed by atoms with van der Waals surface area (Å²) in [5.74, 6) is 0.153. The molecule has 0 N–H and O–H groups in total. The monoisotopic (exact) mass is 425 g/mol. The average molecular weight is 426 g/mol. The maximum atomic E-state index is 12.8. The quantitative estimate of drug-likeness (QED) is 0.738. The van der Waals surface area contributed by atoms with Crippen LogP contribution < -0.4 is 0 Å². The highest BCUT2D eigenvalue weighted by molar-refractivity contribution is 7.91. The molecule has 0 saturated carbocycles. The summed E-state index contributed by atoms with van der Waals surface area (Å²) in [4.78, 5) is 18.2. The van der Waals surface area contributed by atoms with E-state index in [1.54, 1.807) is 28.8 Å². The number of amides is 1. The minimum Gasteiger partial charge on any atom is -0.334 e. The number of rotatable bonds is 5. The number of hydrogen-bond acceptors (Lipinski definition) is 6. The summed E-state index contributed by atoms with van der Waals surface area (Å²) in [6.07, 6.45) is 2.07. The van der Waals surface area contributed by atoms with E-state index in [9.17, 15) is 13.2 Å². The summed E-state index contributed by atoms with van der Waals surface area (Å²) in [5.41, 5.74) is 0. The summed E-state index contributed by atoms with van der Waals surface area (Å²) in [7, 11) is -3.39. The van der Waals surface area contributed by atoms with Crippen LogP contribution in [0.3, 0.4) is 0 Å². The van der Waals surface area contributed by atoms with Crippen molar-refractivity contribution in [2.45, 2.75) is 23.1 Å². The van der Waals surface area contributed by atoms with Crippen molar-refractivity contribution in [3.63, 3.8) is 0 Å². The van der Waals surface area contributed by atoms with Gasteiger partial charge in [-0.3, -0.25) is 9.69 Å². The van der Waals surface area contributed by atoms with Crippen LogP contribution in [0.5, 0.6) is 0 Å². The number of thiophene rings is 2. The number of carbonyl (C=O) groups is 1. The fourth-order valence-corrected chi connectivity index (χ4v) is 7.23. The molecule has 2 aliphatic rings. The highest BCUT2D eigenvalue weighted by Crippen LogP contribution is 2.34. The van der Waals surface area contributed by atoms with Crippen LogP contribution in [0.4, 0.5) is 0 Å². The zero-order valence-corrected chi connectivity index (χ0v) is 17.4. The lowest BCUT2D eigenvalue weighted by Gasteiger charge is -2.34. The highest BCUT2D eigenvalue weighted by Gasteiger charge is 2.33. The molecule has 2 saturated heterocycles. The van der Waals surface area contributed by atoms with Gasteiger partial charge in [-0.2, -0.15) is 4.31 Å². The lowest BCUT2D eigenvalue weighted by Crippen LogP contribution is -2.51. The van der Waals surface area contributed by atoms with Crippen LogP contribution in [0.15, 0.2) is 39.2 Å². The van der Waals surface area contributed by atoms with E-state index >= 15 is 0 Å². The van der Waals surface area contributed by atoms with Crippen LogP contribution in [0.1, 0.15) is 23.8 Å². The van der Waals surface area contributed by atoms with Gasteiger partial charge in [0, 0.05) is 37.6 Å². The van der Waals surface area contributed by atoms with E-state index < -0.39 is 10.0 Å². The average Bonchev–Trinajstić information content (AvgIpc) is 3.44. The molecule has 2 aromatic rings. The Labute approximate surface area is 168 Å².